The van der Waals surface area contributed by atoms with E-state index in [0.29, 0.717) is 34.3 Å². The zero-order valence-corrected chi connectivity index (χ0v) is 32.8. The number of ether oxygens (including phenoxy) is 3. The first-order chi connectivity index (χ1) is 24.5. The summed E-state index contributed by atoms with van der Waals surface area (Å²) in [5.74, 6) is 1.46. The molecule has 0 heterocycles. The van der Waals surface area contributed by atoms with Crippen LogP contribution in [0.25, 0.3) is 0 Å². The number of hydrogen-bond acceptors (Lipinski definition) is 5. The van der Waals surface area contributed by atoms with Crippen molar-refractivity contribution in [2.24, 2.45) is 11.3 Å². The molecule has 5 heteroatoms. The van der Waals surface area contributed by atoms with Gasteiger partial charge >= 0.3 is 11.9 Å². The predicted octanol–water partition coefficient (Wildman–Crippen LogP) is 12.6. The van der Waals surface area contributed by atoms with Gasteiger partial charge in [0, 0.05) is 5.41 Å². The number of rotatable bonds is 12. The van der Waals surface area contributed by atoms with Gasteiger partial charge in [-0.05, 0) is 140 Å². The summed E-state index contributed by atoms with van der Waals surface area (Å²) in [4.78, 5) is 25.8. The lowest BCUT2D eigenvalue weighted by molar-refractivity contribution is -0.00474. The van der Waals surface area contributed by atoms with Crippen molar-refractivity contribution < 1.29 is 23.8 Å². The number of hydrogen-bond donors (Lipinski definition) is 0. The van der Waals surface area contributed by atoms with Crippen LogP contribution < -0.4 is 9.47 Å². The molecule has 52 heavy (non-hydrogen) atoms. The Balaban J connectivity index is 1.28. The second-order valence-corrected chi connectivity index (χ2v) is 17.0. The fourth-order valence-corrected chi connectivity index (χ4v) is 7.79. The summed E-state index contributed by atoms with van der Waals surface area (Å²) in [7, 11) is 0. The molecule has 1 saturated carbocycles. The van der Waals surface area contributed by atoms with Gasteiger partial charge in [-0.2, -0.15) is 0 Å². The number of benzene rings is 4. The molecule has 4 aromatic carbocycles. The summed E-state index contributed by atoms with van der Waals surface area (Å²) < 4.78 is 17.5. The summed E-state index contributed by atoms with van der Waals surface area (Å²) >= 11 is 0. The zero-order valence-electron chi connectivity index (χ0n) is 32.8. The Labute approximate surface area is 312 Å². The molecule has 276 valence electrons. The average molecular weight is 703 g/mol. The lowest BCUT2D eigenvalue weighted by Crippen LogP contribution is -2.33. The Morgan fingerprint density at radius 3 is 1.73 bits per heavy atom. The van der Waals surface area contributed by atoms with Crippen LogP contribution in [0.3, 0.4) is 0 Å². The van der Waals surface area contributed by atoms with Crippen LogP contribution in [0.1, 0.15) is 145 Å². The van der Waals surface area contributed by atoms with Crippen LogP contribution in [-0.4, -0.2) is 17.5 Å². The number of carbonyl (C=O) groups excluding carboxylic acids is 2. The molecule has 1 fully saturated rings. The molecule has 0 bridgehead atoms. The topological polar surface area (TPSA) is 61.8 Å². The maximum atomic E-state index is 13.2. The van der Waals surface area contributed by atoms with Gasteiger partial charge in [0.05, 0.1) is 11.1 Å². The van der Waals surface area contributed by atoms with E-state index in [0.717, 1.165) is 32.1 Å². The molecule has 0 radical (unpaired) electrons. The number of esters is 2. The minimum atomic E-state index is -0.514. The Morgan fingerprint density at radius 2 is 1.21 bits per heavy atom. The summed E-state index contributed by atoms with van der Waals surface area (Å²) in [6.07, 6.45) is 7.38. The second-order valence-electron chi connectivity index (χ2n) is 17.0. The van der Waals surface area contributed by atoms with Gasteiger partial charge in [0.1, 0.15) is 22.8 Å². The molecule has 0 saturated heterocycles. The van der Waals surface area contributed by atoms with E-state index in [-0.39, 0.29) is 22.2 Å². The van der Waals surface area contributed by atoms with E-state index in [1.807, 2.05) is 26.0 Å². The summed E-state index contributed by atoms with van der Waals surface area (Å²) in [6.45, 7) is 20.0. The molecule has 0 N–H and O–H groups in total. The molecular formula is C47H58O5. The van der Waals surface area contributed by atoms with Crippen molar-refractivity contribution >= 4 is 11.9 Å². The van der Waals surface area contributed by atoms with Gasteiger partial charge in [-0.15, -0.1) is 0 Å². The van der Waals surface area contributed by atoms with Gasteiger partial charge in [0.15, 0.2) is 0 Å². The molecule has 1 aliphatic carbocycles. The van der Waals surface area contributed by atoms with Crippen molar-refractivity contribution in [3.05, 3.63) is 125 Å². The van der Waals surface area contributed by atoms with Crippen LogP contribution >= 0.6 is 0 Å². The van der Waals surface area contributed by atoms with Crippen LogP contribution in [0.15, 0.2) is 97.1 Å². The van der Waals surface area contributed by atoms with E-state index in [2.05, 4.69) is 84.9 Å². The van der Waals surface area contributed by atoms with E-state index in [9.17, 15) is 9.59 Å². The van der Waals surface area contributed by atoms with Crippen molar-refractivity contribution in [1.29, 1.82) is 0 Å². The highest BCUT2D eigenvalue weighted by molar-refractivity contribution is 5.91. The fourth-order valence-electron chi connectivity index (χ4n) is 7.79. The minimum Gasteiger partial charge on any atom is -0.457 e. The van der Waals surface area contributed by atoms with Crippen LogP contribution in [-0.2, 0) is 15.6 Å². The fraction of sp³-hybridized carbons (Fsp3) is 0.447. The number of carbonyl (C=O) groups is 2. The lowest BCUT2D eigenvalue weighted by atomic mass is 9.63. The molecule has 0 aromatic heterocycles. The maximum absolute atomic E-state index is 13.2. The molecular weight excluding hydrogens is 645 g/mol. The molecule has 2 unspecified atom stereocenters. The third-order valence-corrected chi connectivity index (χ3v) is 11.1. The summed E-state index contributed by atoms with van der Waals surface area (Å²) in [5, 5.41) is 0. The standard InChI is InChI=1S/C47H58O5/c1-10-29-46(8,9)52-43(49)35-14-24-40(25-15-35)50-39-22-12-34(13-23-39)42(48)51-41-26-20-38(21-27-41)47(31-33(3)28-30-44(4,5)32-47)37-18-16-36(17-19-37)45(6,7)11-2/h12-27,33H,10-11,28-32H2,1-9H3. The average Bonchev–Trinajstić information content (AvgIpc) is 3.24. The lowest BCUT2D eigenvalue weighted by Gasteiger charge is -2.40. The Morgan fingerprint density at radius 1 is 0.712 bits per heavy atom. The normalized spacial score (nSPS) is 19.0. The van der Waals surface area contributed by atoms with Crippen molar-refractivity contribution in [3.63, 3.8) is 0 Å². The quantitative estimate of drug-likeness (QED) is 0.0835. The smallest absolute Gasteiger partial charge is 0.343 e. The summed E-state index contributed by atoms with van der Waals surface area (Å²) in [5.41, 5.74) is 4.57. The molecule has 0 amide bonds. The SMILES string of the molecule is CCCC(C)(C)OC(=O)c1ccc(Oc2ccc(C(=O)Oc3ccc(C4(c5ccc(C(C)(C)CC)cc5)CC(C)CCC(C)(C)C4)cc3)cc2)cc1. The highest BCUT2D eigenvalue weighted by Gasteiger charge is 2.43. The van der Waals surface area contributed by atoms with Crippen molar-refractivity contribution in [2.45, 2.75) is 124 Å². The van der Waals surface area contributed by atoms with Gasteiger partial charge in [0.2, 0.25) is 0 Å². The Hall–Kier alpha value is -4.38. The summed E-state index contributed by atoms with van der Waals surface area (Å²) in [6, 6.07) is 31.3. The van der Waals surface area contributed by atoms with E-state index >= 15 is 0 Å². The van der Waals surface area contributed by atoms with Crippen LogP contribution in [0.5, 0.6) is 17.2 Å². The molecule has 4 aromatic rings. The maximum Gasteiger partial charge on any atom is 0.343 e. The molecule has 5 rings (SSSR count). The van der Waals surface area contributed by atoms with E-state index in [1.54, 1.807) is 48.5 Å². The highest BCUT2D eigenvalue weighted by Crippen LogP contribution is 2.52. The first-order valence-electron chi connectivity index (χ1n) is 19.1. The van der Waals surface area contributed by atoms with Crippen molar-refractivity contribution in [2.75, 3.05) is 0 Å². The largest absolute Gasteiger partial charge is 0.457 e. The Kier molecular flexibility index (Phi) is 11.7. The van der Waals surface area contributed by atoms with Crippen molar-refractivity contribution in [3.8, 4) is 17.2 Å². The van der Waals surface area contributed by atoms with Crippen LogP contribution in [0, 0.1) is 11.3 Å². The third kappa shape index (κ3) is 9.34. The van der Waals surface area contributed by atoms with Gasteiger partial charge in [0.25, 0.3) is 0 Å². The first kappa shape index (κ1) is 38.8. The van der Waals surface area contributed by atoms with Gasteiger partial charge in [-0.1, -0.05) is 97.7 Å². The molecule has 1 aliphatic rings. The van der Waals surface area contributed by atoms with E-state index in [1.165, 1.54) is 29.5 Å². The minimum absolute atomic E-state index is 0.136. The first-order valence-corrected chi connectivity index (χ1v) is 19.1. The van der Waals surface area contributed by atoms with Crippen LogP contribution in [0.2, 0.25) is 0 Å². The van der Waals surface area contributed by atoms with Gasteiger partial charge < -0.3 is 14.2 Å². The second kappa shape index (κ2) is 15.7. The molecule has 0 spiro atoms. The third-order valence-electron chi connectivity index (χ3n) is 11.1. The van der Waals surface area contributed by atoms with E-state index in [4.69, 9.17) is 14.2 Å². The highest BCUT2D eigenvalue weighted by atomic mass is 16.6. The predicted molar refractivity (Wildman–Crippen MR) is 211 cm³/mol. The van der Waals surface area contributed by atoms with Gasteiger partial charge in [-0.25, -0.2) is 9.59 Å². The molecule has 5 nitrogen and oxygen atoms in total. The van der Waals surface area contributed by atoms with E-state index < -0.39 is 11.6 Å². The zero-order chi connectivity index (χ0) is 37.7. The van der Waals surface area contributed by atoms with Crippen molar-refractivity contribution in [1.82, 2.24) is 0 Å². The Bertz CT molecular complexity index is 1800. The van der Waals surface area contributed by atoms with Crippen LogP contribution in [0.4, 0.5) is 0 Å². The van der Waals surface area contributed by atoms with Gasteiger partial charge in [-0.3, -0.25) is 0 Å². The molecule has 2 atom stereocenters. The monoisotopic (exact) mass is 702 g/mol. The molecule has 0 aliphatic heterocycles.